The average Bonchev–Trinajstić information content (AvgIpc) is 1.62. The minimum atomic E-state index is -0.585. The summed E-state index contributed by atoms with van der Waals surface area (Å²) in [6, 6.07) is 34.8. The number of nitrogens with zero attached hydrogens (tertiary/aromatic N) is 9. The van der Waals surface area contributed by atoms with Crippen molar-refractivity contribution in [3.8, 4) is 24.2 Å². The summed E-state index contributed by atoms with van der Waals surface area (Å²) in [4.78, 5) is 82.8. The zero-order valence-corrected chi connectivity index (χ0v) is 81.4. The SMILES string of the molecule is C.C.C.C#Cc1ccccc1C1(C(N)=O)CC1.Clc1ncc(Cl)c(Cl)n1.NC(=O)C1(c2ccccc2C#Cc2nc(Cl)ncc2Cl)CC1.NC(=O)C1(c2ccccc2CCc2nc(Cc3cccnc3)ncc2Cl)CC1.NC(=O)C1(c2ccccc2CCc2nc(Cl)ncc2Cl)CC1.[K][K].[K][K].[K][K]. The number of carbonyl (C=O) groups excluding carboxylic acids is 4. The van der Waals surface area contributed by atoms with Crippen LogP contribution in [0.4, 0.5) is 0 Å². The molecule has 104 heavy (non-hydrogen) atoms. The minimum absolute atomic E-state index is 0. The maximum absolute atomic E-state index is 12.0. The van der Waals surface area contributed by atoms with Gasteiger partial charge in [0.2, 0.25) is 39.5 Å². The van der Waals surface area contributed by atoms with E-state index in [4.69, 9.17) is 122 Å². The molecule has 0 bridgehead atoms. The number of hydrogen-bond donors (Lipinski definition) is 4. The van der Waals surface area contributed by atoms with Gasteiger partial charge in [-0.3, -0.25) is 24.2 Å². The summed E-state index contributed by atoms with van der Waals surface area (Å²) in [6.45, 7) is 0. The number of terminal acetylenes is 1. The van der Waals surface area contributed by atoms with E-state index in [2.05, 4.69) is 68.7 Å². The van der Waals surface area contributed by atoms with Crippen LogP contribution in [0.2, 0.25) is 41.1 Å². The Balaban J connectivity index is 0.000000340. The van der Waals surface area contributed by atoms with Crippen molar-refractivity contribution in [3.05, 3.63) is 260 Å². The molecular weight excluding hydrogens is 1640 g/mol. The third kappa shape index (κ3) is 28.7. The zero-order valence-electron chi connectivity index (χ0n) is 56.6. The Kier molecular flexibility index (Phi) is 48.0. The molecule has 4 aliphatic rings. The van der Waals surface area contributed by atoms with Crippen LogP contribution in [-0.2, 0) is 72.9 Å². The number of rotatable bonds is 16. The molecule has 9 aromatic rings. The van der Waals surface area contributed by atoms with Crippen LogP contribution < -0.4 is 22.9 Å². The van der Waals surface area contributed by atoms with Crippen LogP contribution in [0.5, 0.6) is 0 Å². The fourth-order valence-corrected chi connectivity index (χ4v) is 12.1. The van der Waals surface area contributed by atoms with E-state index in [1.165, 1.54) is 208 Å². The van der Waals surface area contributed by atoms with E-state index in [0.29, 0.717) is 50.7 Å². The molecule has 0 radical (unpaired) electrons. The normalized spacial score (nSPS) is 13.7. The topological polar surface area (TPSA) is 288 Å². The fraction of sp³-hybridized carbons (Fsp3) is 0.274. The van der Waals surface area contributed by atoms with Crippen molar-refractivity contribution in [2.24, 2.45) is 22.9 Å². The van der Waals surface area contributed by atoms with Crippen molar-refractivity contribution >= 4 is 306 Å². The summed E-state index contributed by atoms with van der Waals surface area (Å²) in [5, 5.41) is 2.23. The monoisotopic (exact) mass is 1710 g/mol. The number of aryl methyl sites for hydroxylation is 4. The number of amides is 4. The standard InChI is InChI=1S/C22H21ClN4O.C16H15Cl2N3O.C16H11Cl2N3O.C12H11NO.C4HCl3N2.3CH4.6K/c23-18-14-26-20(12-15-4-3-11-25-13-15)27-19(18)8-7-16-5-1-2-6-17(16)22(9-10-22)21(24)28;2*17-12-9-20-15(18)21-13(12)6-5-10-3-1-2-4-11(10)16(7-8-16)14(19)22;1-2-9-5-3-4-6-10(9)12(7-8-12)11(13)14;5-2-1-8-4(7)9-3(2)6;;;;;;;;;/h1-6,11,13-14H,7-10,12H2,(H2,24,28);1-4,9H,5-8H2,(H2,19,22);1-4,9H,7-8H2,(H2,19,22);1,3-6H,7-8H2,(H2,13,14);1H;3*1H4;;;;;;. The summed E-state index contributed by atoms with van der Waals surface area (Å²) in [7, 11) is 0. The first kappa shape index (κ1) is 99.7. The van der Waals surface area contributed by atoms with E-state index in [9.17, 15) is 19.2 Å². The molecule has 0 atom stereocenters. The summed E-state index contributed by atoms with van der Waals surface area (Å²) in [5.41, 5.74) is 30.7. The molecule has 17 nitrogen and oxygen atoms in total. The van der Waals surface area contributed by atoms with Gasteiger partial charge in [0.25, 0.3) is 0 Å². The molecule has 4 aromatic carbocycles. The number of hydrogen-bond acceptors (Lipinski definition) is 13. The van der Waals surface area contributed by atoms with Gasteiger partial charge in [-0.1, -0.05) is 183 Å². The van der Waals surface area contributed by atoms with Gasteiger partial charge >= 0.3 is 189 Å². The first-order valence-corrected chi connectivity index (χ1v) is 83.7. The molecule has 4 saturated carbocycles. The summed E-state index contributed by atoms with van der Waals surface area (Å²) in [5.74, 6) is 8.13. The van der Waals surface area contributed by atoms with Crippen molar-refractivity contribution in [2.45, 2.75) is 127 Å². The van der Waals surface area contributed by atoms with Crippen LogP contribution >= 0.6 is 92.8 Å². The Morgan fingerprint density at radius 3 is 1.21 bits per heavy atom. The van der Waals surface area contributed by atoms with Crippen molar-refractivity contribution in [1.82, 2.24) is 44.9 Å². The quantitative estimate of drug-likeness (QED) is 0.0303. The first-order valence-electron chi connectivity index (χ1n) is 32.7. The second-order valence-electron chi connectivity index (χ2n) is 22.8. The molecule has 0 spiro atoms. The van der Waals surface area contributed by atoms with Gasteiger partial charge < -0.3 is 22.9 Å². The van der Waals surface area contributed by atoms with E-state index >= 15 is 0 Å². The number of halogens is 8. The molecular formula is C73H71Cl8K6N13O4. The van der Waals surface area contributed by atoms with Gasteiger partial charge in [-0.2, -0.15) is 0 Å². The van der Waals surface area contributed by atoms with Crippen LogP contribution in [-0.4, -0.2) is 258 Å². The van der Waals surface area contributed by atoms with E-state index in [1.807, 2.05) is 109 Å². The number of primary amides is 4. The Hall–Kier alpha value is 1.49. The first-order chi connectivity index (χ1) is 48.5. The predicted octanol–water partition coefficient (Wildman–Crippen LogP) is 12.4. The molecule has 5 aromatic heterocycles. The predicted molar refractivity (Wildman–Crippen MR) is 425 cm³/mol. The molecule has 0 aliphatic heterocycles. The maximum atomic E-state index is 12.0. The Bertz CT molecular complexity index is 4490. The number of pyridine rings is 1. The van der Waals surface area contributed by atoms with Crippen molar-refractivity contribution in [3.63, 3.8) is 0 Å². The van der Waals surface area contributed by atoms with E-state index in [1.54, 1.807) is 12.4 Å². The van der Waals surface area contributed by atoms with Crippen molar-refractivity contribution in [2.75, 3.05) is 0 Å². The van der Waals surface area contributed by atoms with Gasteiger partial charge in [0.1, 0.15) is 11.5 Å². The molecule has 31 heteroatoms. The summed E-state index contributed by atoms with van der Waals surface area (Å²) in [6.07, 6.45) is 24.6. The van der Waals surface area contributed by atoms with Gasteiger partial charge in [0.15, 0.2) is 5.15 Å². The zero-order chi connectivity index (χ0) is 74.1. The Labute approximate surface area is 785 Å². The van der Waals surface area contributed by atoms with Crippen LogP contribution in [0.25, 0.3) is 0 Å². The second-order valence-corrected chi connectivity index (χ2v) is 25.8. The third-order valence-corrected chi connectivity index (χ3v) is 18.8. The molecule has 4 aliphatic carbocycles. The van der Waals surface area contributed by atoms with Gasteiger partial charge in [-0.15, -0.1) is 6.42 Å². The van der Waals surface area contributed by atoms with E-state index < -0.39 is 21.7 Å². The summed E-state index contributed by atoms with van der Waals surface area (Å²) < 4.78 is 0. The number of aromatic nitrogens is 9. The van der Waals surface area contributed by atoms with Crippen molar-refractivity contribution in [1.29, 1.82) is 0 Å². The van der Waals surface area contributed by atoms with Crippen LogP contribution in [0.15, 0.2) is 146 Å². The molecule has 4 amide bonds. The van der Waals surface area contributed by atoms with Crippen LogP contribution in [0.3, 0.4) is 0 Å². The van der Waals surface area contributed by atoms with Gasteiger partial charge in [0.05, 0.1) is 71.7 Å². The molecule has 0 unspecified atom stereocenters. The number of carbonyl (C=O) groups is 4. The summed E-state index contributed by atoms with van der Waals surface area (Å²) >= 11 is 53.8. The number of nitrogens with two attached hydrogens (primary N) is 4. The molecule has 13 rings (SSSR count). The molecule has 0 saturated heterocycles. The van der Waals surface area contributed by atoms with E-state index in [-0.39, 0.29) is 66.9 Å². The number of benzene rings is 4. The van der Waals surface area contributed by atoms with Crippen molar-refractivity contribution < 1.29 is 19.2 Å². The van der Waals surface area contributed by atoms with Gasteiger partial charge in [-0.25, -0.2) is 39.9 Å². The third-order valence-electron chi connectivity index (χ3n) is 16.7. The van der Waals surface area contributed by atoms with E-state index in [0.717, 1.165) is 126 Å². The average molecular weight is 1710 g/mol. The van der Waals surface area contributed by atoms with Gasteiger partial charge in [-0.05, 0) is 175 Å². The Morgan fingerprint density at radius 1 is 0.413 bits per heavy atom. The van der Waals surface area contributed by atoms with Gasteiger partial charge in [0, 0.05) is 36.1 Å². The van der Waals surface area contributed by atoms with Crippen LogP contribution in [0, 0.1) is 24.2 Å². The second kappa shape index (κ2) is 50.1. The Morgan fingerprint density at radius 2 is 0.788 bits per heavy atom. The molecule has 4 fully saturated rings. The van der Waals surface area contributed by atoms with Crippen LogP contribution in [0.1, 0.15) is 147 Å². The molecule has 8 N–H and O–H groups in total. The fourth-order valence-electron chi connectivity index (χ4n) is 10.9. The molecule has 514 valence electrons. The molecule has 5 heterocycles.